The highest BCUT2D eigenvalue weighted by atomic mass is 16.6. The van der Waals surface area contributed by atoms with E-state index < -0.39 is 12.3 Å². The first-order valence-electron chi connectivity index (χ1n) is 6.93. The van der Waals surface area contributed by atoms with E-state index in [1.54, 1.807) is 7.05 Å². The van der Waals surface area contributed by atoms with Crippen LogP contribution in [0.5, 0.6) is 0 Å². The van der Waals surface area contributed by atoms with E-state index in [2.05, 4.69) is 0 Å². The first-order chi connectivity index (χ1) is 9.00. The highest BCUT2D eigenvalue weighted by molar-refractivity contribution is 5.75. The number of carbonyl (C=O) groups excluding carboxylic acids is 2. The van der Waals surface area contributed by atoms with Crippen LogP contribution in [0.25, 0.3) is 0 Å². The van der Waals surface area contributed by atoms with Gasteiger partial charge >= 0.3 is 12.0 Å². The van der Waals surface area contributed by atoms with Crippen LogP contribution in [-0.2, 0) is 9.53 Å². The van der Waals surface area contributed by atoms with E-state index in [9.17, 15) is 14.8 Å². The summed E-state index contributed by atoms with van der Waals surface area (Å²) in [4.78, 5) is 25.0. The van der Waals surface area contributed by atoms with Crippen LogP contribution >= 0.6 is 0 Å². The number of hydroxylamine groups is 2. The SMILES string of the molecule is CCCC(=O)OC1N(O)C(=O)N(C)CC12CCCC2. The molecule has 19 heavy (non-hydrogen) atoms. The maximum Gasteiger partial charge on any atom is 0.346 e. The number of ether oxygens (including phenoxy) is 1. The van der Waals surface area contributed by atoms with Gasteiger partial charge in [-0.2, -0.15) is 5.06 Å². The van der Waals surface area contributed by atoms with Crippen molar-refractivity contribution >= 4 is 12.0 Å². The van der Waals surface area contributed by atoms with Crippen LogP contribution in [0.1, 0.15) is 45.4 Å². The Bertz CT molecular complexity index is 366. The zero-order chi connectivity index (χ0) is 14.0. The zero-order valence-corrected chi connectivity index (χ0v) is 11.6. The molecule has 2 aliphatic rings. The molecule has 108 valence electrons. The summed E-state index contributed by atoms with van der Waals surface area (Å²) in [6, 6.07) is -0.508. The smallest absolute Gasteiger partial charge is 0.346 e. The molecule has 1 saturated heterocycles. The van der Waals surface area contributed by atoms with Gasteiger partial charge in [-0.05, 0) is 19.3 Å². The number of hydrogen-bond acceptors (Lipinski definition) is 4. The molecule has 6 nitrogen and oxygen atoms in total. The predicted molar refractivity (Wildman–Crippen MR) is 67.3 cm³/mol. The Morgan fingerprint density at radius 2 is 2.11 bits per heavy atom. The second kappa shape index (κ2) is 5.36. The standard InChI is InChI=1S/C13H22N2O4/c1-3-6-10(16)19-11-13(7-4-5-8-13)9-14(2)12(17)15(11)18/h11,18H,3-9H2,1-2H3. The third-order valence-corrected chi connectivity index (χ3v) is 4.12. The van der Waals surface area contributed by atoms with Crippen molar-refractivity contribution in [2.24, 2.45) is 5.41 Å². The lowest BCUT2D eigenvalue weighted by molar-refractivity contribution is -0.242. The average Bonchev–Trinajstić information content (AvgIpc) is 2.82. The minimum atomic E-state index is -0.835. The molecule has 1 spiro atoms. The van der Waals surface area contributed by atoms with Crippen LogP contribution in [0.15, 0.2) is 0 Å². The van der Waals surface area contributed by atoms with Crippen molar-refractivity contribution in [1.29, 1.82) is 0 Å². The topological polar surface area (TPSA) is 70.1 Å². The van der Waals surface area contributed by atoms with Crippen LogP contribution < -0.4 is 0 Å². The lowest BCUT2D eigenvalue weighted by Crippen LogP contribution is -2.62. The van der Waals surface area contributed by atoms with Crippen LogP contribution in [-0.4, -0.2) is 47.0 Å². The molecule has 0 aromatic carbocycles. The third-order valence-electron chi connectivity index (χ3n) is 4.12. The van der Waals surface area contributed by atoms with Crippen molar-refractivity contribution in [2.45, 2.75) is 51.7 Å². The van der Waals surface area contributed by atoms with Crippen molar-refractivity contribution in [3.05, 3.63) is 0 Å². The Labute approximate surface area is 113 Å². The number of esters is 1. The van der Waals surface area contributed by atoms with E-state index in [1.165, 1.54) is 4.90 Å². The highest BCUT2D eigenvalue weighted by Gasteiger charge is 2.53. The Hall–Kier alpha value is -1.30. The molecule has 2 fully saturated rings. The fourth-order valence-electron chi connectivity index (χ4n) is 3.20. The largest absolute Gasteiger partial charge is 0.438 e. The van der Waals surface area contributed by atoms with E-state index in [0.717, 1.165) is 25.7 Å². The average molecular weight is 270 g/mol. The van der Waals surface area contributed by atoms with Crippen molar-refractivity contribution in [2.75, 3.05) is 13.6 Å². The number of hydrogen-bond donors (Lipinski definition) is 1. The lowest BCUT2D eigenvalue weighted by atomic mass is 9.82. The highest BCUT2D eigenvalue weighted by Crippen LogP contribution is 2.46. The first kappa shape index (κ1) is 14.1. The maximum absolute atomic E-state index is 11.8. The molecule has 1 aliphatic carbocycles. The fourth-order valence-corrected chi connectivity index (χ4v) is 3.20. The van der Waals surface area contributed by atoms with E-state index >= 15 is 0 Å². The van der Waals surface area contributed by atoms with Gasteiger partial charge in [0.2, 0.25) is 6.23 Å². The van der Waals surface area contributed by atoms with Crippen molar-refractivity contribution in [3.63, 3.8) is 0 Å². The Morgan fingerprint density at radius 3 is 2.68 bits per heavy atom. The maximum atomic E-state index is 11.8. The molecule has 0 bridgehead atoms. The molecule has 1 unspecified atom stereocenters. The van der Waals surface area contributed by atoms with E-state index in [0.29, 0.717) is 24.4 Å². The summed E-state index contributed by atoms with van der Waals surface area (Å²) >= 11 is 0. The quantitative estimate of drug-likeness (QED) is 0.629. The van der Waals surface area contributed by atoms with Crippen molar-refractivity contribution < 1.29 is 19.5 Å². The molecule has 2 amide bonds. The minimum Gasteiger partial charge on any atom is -0.438 e. The molecule has 1 aliphatic heterocycles. The van der Waals surface area contributed by atoms with Gasteiger partial charge in [0, 0.05) is 25.4 Å². The summed E-state index contributed by atoms with van der Waals surface area (Å²) in [5, 5.41) is 10.6. The predicted octanol–water partition coefficient (Wildman–Crippen LogP) is 1.97. The Balaban J connectivity index is 2.19. The van der Waals surface area contributed by atoms with Crippen molar-refractivity contribution in [1.82, 2.24) is 9.96 Å². The number of amides is 2. The van der Waals surface area contributed by atoms with Crippen LogP contribution in [0.3, 0.4) is 0 Å². The van der Waals surface area contributed by atoms with Gasteiger partial charge in [0.05, 0.1) is 0 Å². The number of carbonyl (C=O) groups is 2. The van der Waals surface area contributed by atoms with Crippen LogP contribution in [0.2, 0.25) is 0 Å². The lowest BCUT2D eigenvalue weighted by Gasteiger charge is -2.47. The van der Waals surface area contributed by atoms with E-state index in [1.807, 2.05) is 6.92 Å². The molecule has 1 atom stereocenters. The summed E-state index contributed by atoms with van der Waals surface area (Å²) in [5.41, 5.74) is -0.319. The van der Waals surface area contributed by atoms with Crippen LogP contribution in [0, 0.1) is 5.41 Å². The van der Waals surface area contributed by atoms with E-state index in [-0.39, 0.29) is 11.4 Å². The van der Waals surface area contributed by atoms with Gasteiger partial charge in [-0.15, -0.1) is 0 Å². The molecular weight excluding hydrogens is 248 g/mol. The number of nitrogens with zero attached hydrogens (tertiary/aromatic N) is 2. The molecule has 2 rings (SSSR count). The zero-order valence-electron chi connectivity index (χ0n) is 11.6. The summed E-state index contributed by atoms with van der Waals surface area (Å²) < 4.78 is 5.39. The molecule has 1 N–H and O–H groups in total. The van der Waals surface area contributed by atoms with Crippen molar-refractivity contribution in [3.8, 4) is 0 Å². The second-order valence-electron chi connectivity index (χ2n) is 5.64. The van der Waals surface area contributed by atoms with E-state index in [4.69, 9.17) is 4.74 Å². The van der Waals surface area contributed by atoms with Gasteiger partial charge < -0.3 is 9.64 Å². The second-order valence-corrected chi connectivity index (χ2v) is 5.64. The molecule has 6 heteroatoms. The van der Waals surface area contributed by atoms with Gasteiger partial charge in [-0.1, -0.05) is 19.8 Å². The molecule has 1 saturated carbocycles. The normalized spacial score (nSPS) is 26.1. The third kappa shape index (κ3) is 2.54. The summed E-state index contributed by atoms with van der Waals surface area (Å²) in [6.07, 6.45) is 3.98. The summed E-state index contributed by atoms with van der Waals surface area (Å²) in [6.45, 7) is 2.43. The molecule has 0 aromatic rings. The first-order valence-corrected chi connectivity index (χ1v) is 6.93. The number of urea groups is 1. The van der Waals surface area contributed by atoms with Gasteiger partial charge in [0.1, 0.15) is 0 Å². The number of rotatable bonds is 3. The Kier molecular flexibility index (Phi) is 3.99. The molecule has 1 heterocycles. The summed E-state index contributed by atoms with van der Waals surface area (Å²) in [7, 11) is 1.66. The molecule has 0 aromatic heterocycles. The van der Waals surface area contributed by atoms with Gasteiger partial charge in [-0.3, -0.25) is 10.0 Å². The Morgan fingerprint density at radius 1 is 1.47 bits per heavy atom. The molecular formula is C13H22N2O4. The summed E-state index contributed by atoms with van der Waals surface area (Å²) in [5.74, 6) is -0.352. The van der Waals surface area contributed by atoms with Gasteiger partial charge in [0.15, 0.2) is 0 Å². The fraction of sp³-hybridized carbons (Fsp3) is 0.846. The van der Waals surface area contributed by atoms with Gasteiger partial charge in [0.25, 0.3) is 0 Å². The van der Waals surface area contributed by atoms with Crippen LogP contribution in [0.4, 0.5) is 4.79 Å². The minimum absolute atomic E-state index is 0.310. The monoisotopic (exact) mass is 270 g/mol. The van der Waals surface area contributed by atoms with Gasteiger partial charge in [-0.25, -0.2) is 4.79 Å². The molecule has 0 radical (unpaired) electrons.